The van der Waals surface area contributed by atoms with Gasteiger partial charge in [0.2, 0.25) is 0 Å². The normalized spacial score (nSPS) is 30.1. The number of β-lactam (4-membered cyclic amide) rings is 1. The molecule has 0 aromatic carbocycles. The van der Waals surface area contributed by atoms with Crippen LogP contribution in [-0.4, -0.2) is 99.2 Å². The number of nitrogens with one attached hydrogen (secondary N) is 1. The molecular formula is C21H25N6O6S2+. The lowest BCUT2D eigenvalue weighted by atomic mass is 9.84. The van der Waals surface area contributed by atoms with E-state index in [4.69, 9.17) is 10.6 Å². The van der Waals surface area contributed by atoms with Gasteiger partial charge in [0.25, 0.3) is 11.8 Å². The van der Waals surface area contributed by atoms with Crippen molar-refractivity contribution in [2.75, 3.05) is 44.8 Å². The fourth-order valence-electron chi connectivity index (χ4n) is 5.38. The van der Waals surface area contributed by atoms with Gasteiger partial charge in [-0.2, -0.15) is 0 Å². The van der Waals surface area contributed by atoms with E-state index in [1.807, 2.05) is 0 Å². The summed E-state index contributed by atoms with van der Waals surface area (Å²) in [6, 6.07) is -0.916. The smallest absolute Gasteiger partial charge is 0.352 e. The standard InChI is InChI=1S/C21H24N6O6S2/c1-33-25-14(12-9-35-21(22)23-12)17(29)24-15-18(30)26-16(20(31)32)11(8-34-19(15)26)6-27-4-2-10(3-5-27)13(28)7-27/h9-10,15,19H,2-8H2,1H3,(H3-,22,23,24,29,31,32)/p+1/b25-14-/t10?,15-,19-,27?/m1/s1. The molecule has 5 aliphatic rings. The molecule has 0 unspecified atom stereocenters. The van der Waals surface area contributed by atoms with Gasteiger partial charge >= 0.3 is 5.97 Å². The van der Waals surface area contributed by atoms with Crippen molar-refractivity contribution >= 4 is 57.5 Å². The average Bonchev–Trinajstić information content (AvgIpc) is 3.26. The van der Waals surface area contributed by atoms with Gasteiger partial charge in [-0.3, -0.25) is 19.3 Å². The van der Waals surface area contributed by atoms with Gasteiger partial charge in [-0.15, -0.1) is 23.1 Å². The van der Waals surface area contributed by atoms with Crippen molar-refractivity contribution in [2.45, 2.75) is 24.3 Å². The quantitative estimate of drug-likeness (QED) is 0.188. The van der Waals surface area contributed by atoms with Crippen LogP contribution in [0.15, 0.2) is 21.8 Å². The zero-order valence-electron chi connectivity index (χ0n) is 18.9. The van der Waals surface area contributed by atoms with Crippen LogP contribution in [0, 0.1) is 5.92 Å². The molecule has 0 radical (unpaired) electrons. The van der Waals surface area contributed by atoms with Crippen LogP contribution in [0.25, 0.3) is 0 Å². The number of thioether (sulfide) groups is 1. The van der Waals surface area contributed by atoms with E-state index in [9.17, 15) is 24.3 Å². The zero-order chi connectivity index (χ0) is 24.9. The Hall–Kier alpha value is -2.97. The molecule has 4 fully saturated rings. The van der Waals surface area contributed by atoms with Gasteiger partial charge < -0.3 is 25.5 Å². The SMILES string of the molecule is CO/N=C(\C(=O)N[C@@H]1C(=O)N2C(C(=O)O)=C(C[N+]34CCC(CC3)C(=O)C4)CS[C@H]12)c1csc(N)n1. The second-order valence-electron chi connectivity index (χ2n) is 9.16. The van der Waals surface area contributed by atoms with Crippen molar-refractivity contribution in [3.63, 3.8) is 0 Å². The van der Waals surface area contributed by atoms with Gasteiger partial charge in [0.1, 0.15) is 43.0 Å². The number of oxime groups is 1. The Labute approximate surface area is 208 Å². The lowest BCUT2D eigenvalue weighted by Crippen LogP contribution is -2.71. The third-order valence-electron chi connectivity index (χ3n) is 7.08. The van der Waals surface area contributed by atoms with Gasteiger partial charge in [-0.25, -0.2) is 9.78 Å². The van der Waals surface area contributed by atoms with Gasteiger partial charge in [0, 0.05) is 35.5 Å². The van der Waals surface area contributed by atoms with E-state index in [1.54, 1.807) is 5.38 Å². The van der Waals surface area contributed by atoms with Crippen molar-refractivity contribution in [1.29, 1.82) is 0 Å². The summed E-state index contributed by atoms with van der Waals surface area (Å²) in [4.78, 5) is 60.6. The summed E-state index contributed by atoms with van der Waals surface area (Å²) in [6.07, 6.45) is 1.66. The number of anilines is 1. The zero-order valence-corrected chi connectivity index (χ0v) is 20.6. The number of fused-ring (bicyclic) bond motifs is 4. The summed E-state index contributed by atoms with van der Waals surface area (Å²) in [7, 11) is 1.28. The minimum atomic E-state index is -1.18. The first-order valence-electron chi connectivity index (χ1n) is 11.1. The highest BCUT2D eigenvalue weighted by Gasteiger charge is 2.56. The number of carbonyl (C=O) groups is 4. The summed E-state index contributed by atoms with van der Waals surface area (Å²) in [6.45, 7) is 2.55. The molecule has 12 nitrogen and oxygen atoms in total. The number of nitrogen functional groups attached to an aromatic ring is 1. The number of amides is 2. The van der Waals surface area contributed by atoms with Gasteiger partial charge in [-0.05, 0) is 0 Å². The molecule has 6 rings (SSSR count). The second kappa shape index (κ2) is 8.91. The number of rotatable bonds is 7. The van der Waals surface area contributed by atoms with Crippen LogP contribution in [0.5, 0.6) is 0 Å². The highest BCUT2D eigenvalue weighted by Crippen LogP contribution is 2.42. The molecule has 0 spiro atoms. The first kappa shape index (κ1) is 23.8. The number of carbonyl (C=O) groups excluding carboxylic acids is 3. The molecule has 1 aromatic heterocycles. The molecule has 0 aliphatic carbocycles. The average molecular weight is 522 g/mol. The van der Waals surface area contributed by atoms with E-state index in [0.717, 1.165) is 37.3 Å². The largest absolute Gasteiger partial charge is 0.477 e. The Morgan fingerprint density at radius 3 is 2.71 bits per heavy atom. The molecule has 5 aliphatic heterocycles. The molecule has 2 atom stereocenters. The first-order valence-corrected chi connectivity index (χ1v) is 13.1. The minimum Gasteiger partial charge on any atom is -0.477 e. The van der Waals surface area contributed by atoms with Crippen molar-refractivity contribution in [1.82, 2.24) is 15.2 Å². The predicted molar refractivity (Wildman–Crippen MR) is 127 cm³/mol. The second-order valence-corrected chi connectivity index (χ2v) is 11.2. The van der Waals surface area contributed by atoms with E-state index in [-0.39, 0.29) is 33.9 Å². The Bertz CT molecular complexity index is 1170. The lowest BCUT2D eigenvalue weighted by Gasteiger charge is -2.52. The third-order valence-corrected chi connectivity index (χ3v) is 9.09. The molecule has 0 saturated carbocycles. The number of carboxylic acids is 1. The van der Waals surface area contributed by atoms with Crippen molar-refractivity contribution in [3.05, 3.63) is 22.3 Å². The number of aliphatic carboxylic acids is 1. The molecule has 35 heavy (non-hydrogen) atoms. The Morgan fingerprint density at radius 1 is 1.37 bits per heavy atom. The van der Waals surface area contributed by atoms with E-state index >= 15 is 0 Å². The monoisotopic (exact) mass is 521 g/mol. The van der Waals surface area contributed by atoms with E-state index in [0.29, 0.717) is 28.9 Å². The van der Waals surface area contributed by atoms with Crippen molar-refractivity contribution in [3.8, 4) is 0 Å². The Morgan fingerprint density at radius 2 is 2.11 bits per heavy atom. The van der Waals surface area contributed by atoms with E-state index in [1.165, 1.54) is 23.8 Å². The topological polar surface area (TPSA) is 164 Å². The van der Waals surface area contributed by atoms with Gasteiger partial charge in [-0.1, -0.05) is 5.16 Å². The van der Waals surface area contributed by atoms with Crippen molar-refractivity contribution in [2.24, 2.45) is 11.1 Å². The third kappa shape index (κ3) is 4.08. The number of nitrogens with two attached hydrogens (primary N) is 1. The molecule has 4 N–H and O–H groups in total. The van der Waals surface area contributed by atoms with Crippen LogP contribution in [0.2, 0.25) is 0 Å². The molecule has 186 valence electrons. The number of piperidine rings is 3. The van der Waals surface area contributed by atoms with Gasteiger partial charge in [0.05, 0.1) is 13.1 Å². The van der Waals surface area contributed by atoms with Crippen LogP contribution in [0.3, 0.4) is 0 Å². The highest BCUT2D eigenvalue weighted by molar-refractivity contribution is 8.00. The maximum atomic E-state index is 13.1. The summed E-state index contributed by atoms with van der Waals surface area (Å²) in [5.74, 6) is -1.56. The Kier molecular flexibility index (Phi) is 6.05. The molecule has 2 bridgehead atoms. The molecule has 1 aromatic rings. The van der Waals surface area contributed by atoms with Crippen LogP contribution in [0.1, 0.15) is 18.5 Å². The number of ketones is 1. The summed E-state index contributed by atoms with van der Waals surface area (Å²) >= 11 is 2.53. The first-order chi connectivity index (χ1) is 16.7. The van der Waals surface area contributed by atoms with Crippen LogP contribution in [0.4, 0.5) is 5.13 Å². The maximum absolute atomic E-state index is 13.1. The highest BCUT2D eigenvalue weighted by atomic mass is 32.2. The van der Waals surface area contributed by atoms with Crippen LogP contribution >= 0.6 is 23.1 Å². The number of hydrogen-bond acceptors (Lipinski definition) is 10. The fraction of sp³-hybridized carbons (Fsp3) is 0.524. The summed E-state index contributed by atoms with van der Waals surface area (Å²) in [5.41, 5.74) is 6.36. The number of thiazole rings is 1. The summed E-state index contributed by atoms with van der Waals surface area (Å²) < 4.78 is 0.558. The van der Waals surface area contributed by atoms with Gasteiger partial charge in [0.15, 0.2) is 16.6 Å². The Balaban J connectivity index is 1.34. The van der Waals surface area contributed by atoms with E-state index in [2.05, 4.69) is 15.5 Å². The number of aromatic nitrogens is 1. The number of nitrogens with zero attached hydrogens (tertiary/aromatic N) is 4. The predicted octanol–water partition coefficient (Wildman–Crippen LogP) is -0.376. The molecule has 6 heterocycles. The van der Waals surface area contributed by atoms with E-state index < -0.39 is 29.2 Å². The molecule has 4 saturated heterocycles. The van der Waals surface area contributed by atoms with Crippen LogP contribution in [-0.2, 0) is 24.0 Å². The van der Waals surface area contributed by atoms with Crippen LogP contribution < -0.4 is 11.1 Å². The number of Topliss-reactive ketones (excluding diaryl/α,β-unsaturated/α-hetero) is 1. The molecule has 2 amide bonds. The molecule has 14 heteroatoms. The molecular weight excluding hydrogens is 496 g/mol. The maximum Gasteiger partial charge on any atom is 0.352 e. The number of quaternary nitrogens is 1. The number of hydrogen-bond donors (Lipinski definition) is 3. The number of carboxylic acid groups (broad SMARTS) is 1. The van der Waals surface area contributed by atoms with Crippen molar-refractivity contribution < 1.29 is 33.6 Å². The minimum absolute atomic E-state index is 0.0325. The lowest BCUT2D eigenvalue weighted by molar-refractivity contribution is -0.926. The fourth-order valence-corrected chi connectivity index (χ4v) is 7.26. The summed E-state index contributed by atoms with van der Waals surface area (Å²) in [5, 5.41) is 17.6.